The number of anilines is 2. The smallest absolute Gasteiger partial charge is 0.316 e. The third-order valence-corrected chi connectivity index (χ3v) is 5.42. The predicted octanol–water partition coefficient (Wildman–Crippen LogP) is 4.31. The van der Waals surface area contributed by atoms with Gasteiger partial charge in [-0.25, -0.2) is 0 Å². The normalized spacial score (nSPS) is 11.0. The molecule has 3 heterocycles. The molecule has 0 saturated heterocycles. The molecule has 0 aliphatic rings. The summed E-state index contributed by atoms with van der Waals surface area (Å²) in [6.45, 7) is 6.06. The highest BCUT2D eigenvalue weighted by atomic mass is 32.2. The van der Waals surface area contributed by atoms with Crippen molar-refractivity contribution in [3.8, 4) is 0 Å². The molecule has 1 N–H and O–H groups in total. The van der Waals surface area contributed by atoms with Crippen LogP contribution in [-0.4, -0.2) is 19.5 Å². The van der Waals surface area contributed by atoms with Crippen LogP contribution in [0.2, 0.25) is 0 Å². The summed E-state index contributed by atoms with van der Waals surface area (Å²) >= 11 is 1.39. The lowest BCUT2D eigenvalue weighted by Crippen LogP contribution is -2.30. The second-order valence-corrected chi connectivity index (χ2v) is 7.72. The zero-order valence-corrected chi connectivity index (χ0v) is 17.2. The average molecular weight is 407 g/mol. The Kier molecular flexibility index (Phi) is 5.26. The lowest BCUT2D eigenvalue weighted by atomic mass is 10.1. The number of aryl methyl sites for hydroxylation is 3. The van der Waals surface area contributed by atoms with Crippen LogP contribution in [0.3, 0.4) is 0 Å². The molecule has 8 heteroatoms. The standard InChI is InChI=1S/C21H21N5O2S/c1-14-11-15(2)18(16(3)12-14)22-19-20(27)26(25-8-4-5-9-25)21(24-23-19)29-13-17-7-6-10-28-17/h4-12H,13H2,1-3H3,(H,22,23). The van der Waals surface area contributed by atoms with Crippen molar-refractivity contribution in [3.63, 3.8) is 0 Å². The topological polar surface area (TPSA) is 77.9 Å². The van der Waals surface area contributed by atoms with Gasteiger partial charge in [-0.1, -0.05) is 29.5 Å². The molecule has 7 nitrogen and oxygen atoms in total. The molecular weight excluding hydrogens is 386 g/mol. The third-order valence-electron chi connectivity index (χ3n) is 4.48. The van der Waals surface area contributed by atoms with Gasteiger partial charge in [0.2, 0.25) is 11.0 Å². The van der Waals surface area contributed by atoms with Crippen molar-refractivity contribution in [2.45, 2.75) is 31.7 Å². The van der Waals surface area contributed by atoms with E-state index in [1.807, 2.05) is 45.0 Å². The predicted molar refractivity (Wildman–Crippen MR) is 114 cm³/mol. The molecule has 0 bridgehead atoms. The molecule has 0 atom stereocenters. The second-order valence-electron chi connectivity index (χ2n) is 6.78. The van der Waals surface area contributed by atoms with Crippen molar-refractivity contribution in [2.75, 3.05) is 5.32 Å². The molecule has 148 valence electrons. The van der Waals surface area contributed by atoms with Crippen LogP contribution in [-0.2, 0) is 5.75 Å². The van der Waals surface area contributed by atoms with Gasteiger partial charge in [0, 0.05) is 18.1 Å². The van der Waals surface area contributed by atoms with Gasteiger partial charge in [-0.15, -0.1) is 10.2 Å². The van der Waals surface area contributed by atoms with Crippen molar-refractivity contribution in [1.29, 1.82) is 0 Å². The van der Waals surface area contributed by atoms with E-state index in [1.165, 1.54) is 22.0 Å². The maximum Gasteiger partial charge on any atom is 0.316 e. The SMILES string of the molecule is Cc1cc(C)c(Nc2nnc(SCc3ccco3)n(-n3cccc3)c2=O)c(C)c1. The zero-order chi connectivity index (χ0) is 20.4. The van der Waals surface area contributed by atoms with Gasteiger partial charge in [0.15, 0.2) is 0 Å². The molecule has 0 radical (unpaired) electrons. The highest BCUT2D eigenvalue weighted by molar-refractivity contribution is 7.98. The third kappa shape index (κ3) is 3.97. The van der Waals surface area contributed by atoms with E-state index >= 15 is 0 Å². The minimum atomic E-state index is -0.280. The molecular formula is C21H21N5O2S. The summed E-state index contributed by atoms with van der Waals surface area (Å²) in [7, 11) is 0. The molecule has 0 spiro atoms. The van der Waals surface area contributed by atoms with Crippen LogP contribution in [0.5, 0.6) is 0 Å². The Hall–Kier alpha value is -3.26. The minimum absolute atomic E-state index is 0.177. The molecule has 1 aromatic carbocycles. The molecule has 0 fully saturated rings. The lowest BCUT2D eigenvalue weighted by molar-refractivity contribution is 0.523. The fourth-order valence-electron chi connectivity index (χ4n) is 3.22. The Balaban J connectivity index is 1.73. The number of benzene rings is 1. The fraction of sp³-hybridized carbons (Fsp3) is 0.190. The number of aromatic nitrogens is 4. The van der Waals surface area contributed by atoms with Gasteiger partial charge in [-0.3, -0.25) is 9.47 Å². The van der Waals surface area contributed by atoms with Gasteiger partial charge in [0.25, 0.3) is 0 Å². The van der Waals surface area contributed by atoms with Crippen LogP contribution in [0, 0.1) is 20.8 Å². The van der Waals surface area contributed by atoms with Crippen LogP contribution in [0.15, 0.2) is 69.4 Å². The summed E-state index contributed by atoms with van der Waals surface area (Å²) < 4.78 is 8.58. The molecule has 0 unspecified atom stereocenters. The van der Waals surface area contributed by atoms with E-state index in [9.17, 15) is 4.79 Å². The summed E-state index contributed by atoms with van der Waals surface area (Å²) in [6, 6.07) is 11.6. The number of thioether (sulfide) groups is 1. The zero-order valence-electron chi connectivity index (χ0n) is 16.4. The number of nitrogens with zero attached hydrogens (tertiary/aromatic N) is 4. The minimum Gasteiger partial charge on any atom is -0.468 e. The summed E-state index contributed by atoms with van der Waals surface area (Å²) in [5.41, 5.74) is 3.86. The maximum absolute atomic E-state index is 13.3. The van der Waals surface area contributed by atoms with E-state index < -0.39 is 0 Å². The number of hydrogen-bond donors (Lipinski definition) is 1. The monoisotopic (exact) mass is 407 g/mol. The molecule has 0 aliphatic heterocycles. The van der Waals surface area contributed by atoms with E-state index in [2.05, 4.69) is 27.6 Å². The first-order valence-electron chi connectivity index (χ1n) is 9.16. The molecule has 3 aromatic heterocycles. The van der Waals surface area contributed by atoms with E-state index in [0.717, 1.165) is 22.6 Å². The first-order valence-corrected chi connectivity index (χ1v) is 10.1. The van der Waals surface area contributed by atoms with Gasteiger partial charge >= 0.3 is 5.56 Å². The fourth-order valence-corrected chi connectivity index (χ4v) is 4.06. The van der Waals surface area contributed by atoms with Crippen LogP contribution in [0.4, 0.5) is 11.5 Å². The van der Waals surface area contributed by atoms with E-state index in [1.54, 1.807) is 23.3 Å². The molecule has 0 amide bonds. The molecule has 29 heavy (non-hydrogen) atoms. The largest absolute Gasteiger partial charge is 0.468 e. The highest BCUT2D eigenvalue weighted by Crippen LogP contribution is 2.25. The highest BCUT2D eigenvalue weighted by Gasteiger charge is 2.16. The average Bonchev–Trinajstić information content (AvgIpc) is 3.38. The number of rotatable bonds is 6. The summed E-state index contributed by atoms with van der Waals surface area (Å²) in [6.07, 6.45) is 5.22. The van der Waals surface area contributed by atoms with Crippen LogP contribution >= 0.6 is 11.8 Å². The van der Waals surface area contributed by atoms with Crippen molar-refractivity contribution < 1.29 is 4.42 Å². The van der Waals surface area contributed by atoms with Crippen LogP contribution in [0.25, 0.3) is 0 Å². The second kappa shape index (κ2) is 8.00. The van der Waals surface area contributed by atoms with Crippen LogP contribution < -0.4 is 10.9 Å². The quantitative estimate of drug-likeness (QED) is 0.480. The van der Waals surface area contributed by atoms with E-state index in [-0.39, 0.29) is 11.4 Å². The van der Waals surface area contributed by atoms with Gasteiger partial charge in [0.05, 0.1) is 12.0 Å². The van der Waals surface area contributed by atoms with Crippen LogP contribution in [0.1, 0.15) is 22.5 Å². The molecule has 4 aromatic rings. The van der Waals surface area contributed by atoms with Crippen molar-refractivity contribution in [3.05, 3.63) is 87.9 Å². The Morgan fingerprint density at radius 3 is 2.45 bits per heavy atom. The Bertz CT molecular complexity index is 1160. The van der Waals surface area contributed by atoms with Gasteiger partial charge in [-0.2, -0.15) is 4.68 Å². The van der Waals surface area contributed by atoms with Crippen molar-refractivity contribution >= 4 is 23.3 Å². The van der Waals surface area contributed by atoms with Crippen molar-refractivity contribution in [2.24, 2.45) is 0 Å². The summed E-state index contributed by atoms with van der Waals surface area (Å²) in [5.74, 6) is 1.53. The van der Waals surface area contributed by atoms with Crippen molar-refractivity contribution in [1.82, 2.24) is 19.5 Å². The summed E-state index contributed by atoms with van der Waals surface area (Å²) in [4.78, 5) is 13.3. The number of furan rings is 1. The van der Waals surface area contributed by atoms with Gasteiger partial charge in [0.1, 0.15) is 5.76 Å². The first-order chi connectivity index (χ1) is 14.0. The number of nitrogens with one attached hydrogen (secondary N) is 1. The van der Waals surface area contributed by atoms with E-state index in [0.29, 0.717) is 10.9 Å². The van der Waals surface area contributed by atoms with Gasteiger partial charge < -0.3 is 9.73 Å². The summed E-state index contributed by atoms with van der Waals surface area (Å²) in [5, 5.41) is 12.2. The molecule has 0 saturated carbocycles. The van der Waals surface area contributed by atoms with Gasteiger partial charge in [-0.05, 0) is 56.2 Å². The maximum atomic E-state index is 13.3. The number of hydrogen-bond acceptors (Lipinski definition) is 6. The Morgan fingerprint density at radius 2 is 1.79 bits per heavy atom. The molecule has 0 aliphatic carbocycles. The Morgan fingerprint density at radius 1 is 1.07 bits per heavy atom. The lowest BCUT2D eigenvalue weighted by Gasteiger charge is -2.16. The first kappa shape index (κ1) is 19.1. The Labute approximate surface area is 172 Å². The van der Waals surface area contributed by atoms with E-state index in [4.69, 9.17) is 4.42 Å². The molecule has 4 rings (SSSR count).